The first-order valence-corrected chi connectivity index (χ1v) is 8.27. The molecule has 1 atom stereocenters. The van der Waals surface area contributed by atoms with Gasteiger partial charge in [0, 0.05) is 18.7 Å². The summed E-state index contributed by atoms with van der Waals surface area (Å²) >= 11 is 0. The van der Waals surface area contributed by atoms with E-state index in [-0.39, 0.29) is 12.7 Å². The molecule has 1 amide bonds. The average molecular weight is 324 g/mol. The van der Waals surface area contributed by atoms with Crippen LogP contribution in [0.2, 0.25) is 0 Å². The summed E-state index contributed by atoms with van der Waals surface area (Å²) < 4.78 is 10.7. The molecule has 4 rings (SSSR count). The first-order valence-electron chi connectivity index (χ1n) is 8.27. The lowest BCUT2D eigenvalue weighted by Gasteiger charge is -2.14. The molecular weight excluding hydrogens is 304 g/mol. The Labute approximate surface area is 141 Å². The second kappa shape index (κ2) is 6.53. The largest absolute Gasteiger partial charge is 0.454 e. The van der Waals surface area contributed by atoms with Gasteiger partial charge in [-0.3, -0.25) is 4.79 Å². The number of carbonyl (C=O) groups excluding carboxylic acids is 1. The first-order chi connectivity index (χ1) is 11.8. The lowest BCUT2D eigenvalue weighted by atomic mass is 9.93. The Morgan fingerprint density at radius 2 is 2.04 bits per heavy atom. The summed E-state index contributed by atoms with van der Waals surface area (Å²) in [7, 11) is 0. The van der Waals surface area contributed by atoms with E-state index < -0.39 is 0 Å². The standard InChI is InChI=1S/C19H20N2O3/c22-19(16-4-2-1-3-15(16)14-7-8-20-11-14)21-10-13-5-6-17-18(9-13)24-12-23-17/h1-6,9,14,20H,7-8,10-12H2,(H,21,22). The first kappa shape index (κ1) is 15.0. The Morgan fingerprint density at radius 1 is 1.17 bits per heavy atom. The fraction of sp³-hybridized carbons (Fsp3) is 0.316. The normalized spacial score (nSPS) is 18.6. The molecule has 0 radical (unpaired) electrons. The molecule has 1 saturated heterocycles. The molecule has 2 aliphatic rings. The molecule has 0 aromatic heterocycles. The van der Waals surface area contributed by atoms with E-state index in [1.165, 1.54) is 0 Å². The molecule has 2 heterocycles. The fourth-order valence-corrected chi connectivity index (χ4v) is 3.31. The average Bonchev–Trinajstić information content (AvgIpc) is 3.30. The summed E-state index contributed by atoms with van der Waals surface area (Å²) in [6.07, 6.45) is 1.08. The van der Waals surface area contributed by atoms with Gasteiger partial charge in [-0.15, -0.1) is 0 Å². The molecule has 2 N–H and O–H groups in total. The Bertz CT molecular complexity index is 754. The molecule has 0 saturated carbocycles. The Balaban J connectivity index is 1.47. The van der Waals surface area contributed by atoms with Crippen LogP contribution in [-0.4, -0.2) is 25.8 Å². The zero-order valence-corrected chi connectivity index (χ0v) is 13.4. The van der Waals surface area contributed by atoms with Crippen molar-refractivity contribution in [3.63, 3.8) is 0 Å². The van der Waals surface area contributed by atoms with Crippen molar-refractivity contribution in [2.24, 2.45) is 0 Å². The van der Waals surface area contributed by atoms with Crippen LogP contribution in [0.3, 0.4) is 0 Å². The number of rotatable bonds is 4. The smallest absolute Gasteiger partial charge is 0.251 e. The van der Waals surface area contributed by atoms with E-state index in [9.17, 15) is 4.79 Å². The number of carbonyl (C=O) groups is 1. The highest BCUT2D eigenvalue weighted by atomic mass is 16.7. The molecule has 2 aromatic carbocycles. The van der Waals surface area contributed by atoms with Crippen molar-refractivity contribution in [3.8, 4) is 11.5 Å². The third kappa shape index (κ3) is 2.95. The maximum Gasteiger partial charge on any atom is 0.251 e. The van der Waals surface area contributed by atoms with Crippen LogP contribution in [0.5, 0.6) is 11.5 Å². The monoisotopic (exact) mass is 324 g/mol. The maximum absolute atomic E-state index is 12.6. The van der Waals surface area contributed by atoms with Gasteiger partial charge >= 0.3 is 0 Å². The maximum atomic E-state index is 12.6. The van der Waals surface area contributed by atoms with Crippen molar-refractivity contribution in [2.45, 2.75) is 18.9 Å². The summed E-state index contributed by atoms with van der Waals surface area (Å²) in [5.41, 5.74) is 2.89. The SMILES string of the molecule is O=C(NCc1ccc2c(c1)OCO2)c1ccccc1C1CCNC1. The molecule has 0 aliphatic carbocycles. The van der Waals surface area contributed by atoms with E-state index >= 15 is 0 Å². The van der Waals surface area contributed by atoms with Gasteiger partial charge in [0.15, 0.2) is 11.5 Å². The minimum absolute atomic E-state index is 0.0323. The van der Waals surface area contributed by atoms with Gasteiger partial charge in [-0.25, -0.2) is 0 Å². The number of fused-ring (bicyclic) bond motifs is 1. The third-order valence-corrected chi connectivity index (χ3v) is 4.60. The molecule has 5 nitrogen and oxygen atoms in total. The van der Waals surface area contributed by atoms with E-state index in [1.54, 1.807) is 0 Å². The van der Waals surface area contributed by atoms with Crippen molar-refractivity contribution >= 4 is 5.91 Å². The summed E-state index contributed by atoms with van der Waals surface area (Å²) in [6, 6.07) is 13.6. The molecule has 0 bridgehead atoms. The summed E-state index contributed by atoms with van der Waals surface area (Å²) in [4.78, 5) is 12.6. The summed E-state index contributed by atoms with van der Waals surface area (Å²) in [5, 5.41) is 6.38. The second-order valence-electron chi connectivity index (χ2n) is 6.15. The quantitative estimate of drug-likeness (QED) is 0.907. The van der Waals surface area contributed by atoms with Crippen LogP contribution in [0.25, 0.3) is 0 Å². The molecular formula is C19H20N2O3. The van der Waals surface area contributed by atoms with Crippen LogP contribution in [0.4, 0.5) is 0 Å². The van der Waals surface area contributed by atoms with Gasteiger partial charge in [0.25, 0.3) is 5.91 Å². The van der Waals surface area contributed by atoms with Crippen LogP contribution in [0.15, 0.2) is 42.5 Å². The van der Waals surface area contributed by atoms with E-state index in [1.807, 2.05) is 36.4 Å². The van der Waals surface area contributed by atoms with Gasteiger partial charge in [-0.2, -0.15) is 0 Å². The minimum Gasteiger partial charge on any atom is -0.454 e. The molecule has 2 aliphatic heterocycles. The van der Waals surface area contributed by atoms with Crippen LogP contribution >= 0.6 is 0 Å². The fourth-order valence-electron chi connectivity index (χ4n) is 3.31. The topological polar surface area (TPSA) is 59.6 Å². The predicted octanol–water partition coefficient (Wildman–Crippen LogP) is 2.42. The minimum atomic E-state index is -0.0323. The highest BCUT2D eigenvalue weighted by molar-refractivity contribution is 5.95. The molecule has 5 heteroatoms. The number of ether oxygens (including phenoxy) is 2. The summed E-state index contributed by atoms with van der Waals surface area (Å²) in [6.45, 7) is 2.67. The number of amides is 1. The zero-order valence-electron chi connectivity index (χ0n) is 13.4. The van der Waals surface area contributed by atoms with Gasteiger partial charge < -0.3 is 20.1 Å². The second-order valence-corrected chi connectivity index (χ2v) is 6.15. The van der Waals surface area contributed by atoms with Crippen LogP contribution in [0.1, 0.15) is 33.8 Å². The lowest BCUT2D eigenvalue weighted by Crippen LogP contribution is -2.24. The van der Waals surface area contributed by atoms with Crippen molar-refractivity contribution in [1.82, 2.24) is 10.6 Å². The van der Waals surface area contributed by atoms with Crippen LogP contribution < -0.4 is 20.1 Å². The van der Waals surface area contributed by atoms with Crippen LogP contribution in [0, 0.1) is 0 Å². The van der Waals surface area contributed by atoms with Crippen molar-refractivity contribution in [1.29, 1.82) is 0 Å². The van der Waals surface area contributed by atoms with Gasteiger partial charge in [0.05, 0.1) is 0 Å². The molecule has 124 valence electrons. The number of hydrogen-bond acceptors (Lipinski definition) is 4. The molecule has 2 aromatic rings. The molecule has 1 fully saturated rings. The van der Waals surface area contributed by atoms with Crippen molar-refractivity contribution in [2.75, 3.05) is 19.9 Å². The van der Waals surface area contributed by atoms with E-state index in [0.717, 1.165) is 47.7 Å². The predicted molar refractivity (Wildman–Crippen MR) is 90.4 cm³/mol. The molecule has 24 heavy (non-hydrogen) atoms. The number of hydrogen-bond donors (Lipinski definition) is 2. The third-order valence-electron chi connectivity index (χ3n) is 4.60. The molecule has 0 spiro atoms. The zero-order chi connectivity index (χ0) is 16.4. The highest BCUT2D eigenvalue weighted by Gasteiger charge is 2.22. The molecule has 1 unspecified atom stereocenters. The lowest BCUT2D eigenvalue weighted by molar-refractivity contribution is 0.0949. The van der Waals surface area contributed by atoms with Crippen molar-refractivity contribution < 1.29 is 14.3 Å². The van der Waals surface area contributed by atoms with Gasteiger partial charge in [-0.05, 0) is 48.2 Å². The Hall–Kier alpha value is -2.53. The number of nitrogens with one attached hydrogen (secondary N) is 2. The van der Waals surface area contributed by atoms with Gasteiger partial charge in [-0.1, -0.05) is 24.3 Å². The van der Waals surface area contributed by atoms with Crippen molar-refractivity contribution in [3.05, 3.63) is 59.2 Å². The Morgan fingerprint density at radius 3 is 2.92 bits per heavy atom. The van der Waals surface area contributed by atoms with E-state index in [0.29, 0.717) is 12.5 Å². The van der Waals surface area contributed by atoms with Crippen LogP contribution in [-0.2, 0) is 6.54 Å². The van der Waals surface area contributed by atoms with Gasteiger partial charge in [0.2, 0.25) is 6.79 Å². The van der Waals surface area contributed by atoms with Gasteiger partial charge in [0.1, 0.15) is 0 Å². The van der Waals surface area contributed by atoms with E-state index in [2.05, 4.69) is 16.7 Å². The highest BCUT2D eigenvalue weighted by Crippen LogP contribution is 2.32. The Kier molecular flexibility index (Phi) is 4.09. The number of benzene rings is 2. The van der Waals surface area contributed by atoms with E-state index in [4.69, 9.17) is 9.47 Å². The summed E-state index contributed by atoms with van der Waals surface area (Å²) in [5.74, 6) is 1.87.